The minimum atomic E-state index is -0.00458. The molecule has 0 aliphatic rings. The Balaban J connectivity index is 1.71. The van der Waals surface area contributed by atoms with E-state index in [2.05, 4.69) is 16.0 Å². The first-order chi connectivity index (χ1) is 10.2. The molecule has 0 saturated carbocycles. The molecule has 3 nitrogen and oxygen atoms in total. The maximum absolute atomic E-state index is 11.9. The van der Waals surface area contributed by atoms with Crippen molar-refractivity contribution in [3.05, 3.63) is 71.1 Å². The molecule has 0 unspecified atom stereocenters. The molecule has 21 heavy (non-hydrogen) atoms. The molecule has 3 rings (SSSR count). The summed E-state index contributed by atoms with van der Waals surface area (Å²) in [6, 6.07) is 15.3. The van der Waals surface area contributed by atoms with E-state index in [1.165, 1.54) is 17.3 Å². The van der Waals surface area contributed by atoms with Gasteiger partial charge in [0.25, 0.3) is 0 Å². The number of fused-ring (bicyclic) bond motifs is 1. The fraction of sp³-hybridized carbons (Fsp3) is 0.0588. The molecule has 0 aliphatic heterocycles. The van der Waals surface area contributed by atoms with Gasteiger partial charge >= 0.3 is 0 Å². The lowest BCUT2D eigenvalue weighted by Gasteiger charge is -1.93. The third kappa shape index (κ3) is 3.23. The van der Waals surface area contributed by atoms with E-state index in [9.17, 15) is 4.79 Å². The van der Waals surface area contributed by atoms with Crippen LogP contribution in [0, 0.1) is 6.92 Å². The number of carbonyl (C=O) groups is 1. The molecule has 1 N–H and O–H groups in total. The topological polar surface area (TPSA) is 45.8 Å². The second-order valence-electron chi connectivity index (χ2n) is 4.71. The summed E-state index contributed by atoms with van der Waals surface area (Å²) in [5.74, 6) is -0.00458. The highest BCUT2D eigenvalue weighted by molar-refractivity contribution is 8.02. The molecule has 0 atom stereocenters. The second kappa shape index (κ2) is 5.97. The number of aryl methyl sites for hydroxylation is 1. The first kappa shape index (κ1) is 13.6. The zero-order valence-corrected chi connectivity index (χ0v) is 12.4. The minimum Gasteiger partial charge on any atom is -0.333 e. The maximum Gasteiger partial charge on any atom is 0.186 e. The molecule has 0 fully saturated rings. The normalized spacial score (nSPS) is 11.3. The number of rotatable bonds is 4. The molecule has 4 heteroatoms. The third-order valence-corrected chi connectivity index (χ3v) is 3.76. The number of imidazole rings is 1. The Bertz CT molecular complexity index is 806. The Labute approximate surface area is 127 Å². The summed E-state index contributed by atoms with van der Waals surface area (Å²) in [6.45, 7) is 2.05. The molecular weight excluding hydrogens is 280 g/mol. The standard InChI is InChI=1S/C17H14N2OS/c1-12-7-8-14-15(11-12)19-17(18-14)21-10-9-16(20)13-5-3-2-4-6-13/h2-11H,1H3,(H,18,19)/b10-9+. The number of hydrogen-bond acceptors (Lipinski definition) is 3. The smallest absolute Gasteiger partial charge is 0.186 e. The monoisotopic (exact) mass is 294 g/mol. The van der Waals surface area contributed by atoms with Crippen molar-refractivity contribution in [1.29, 1.82) is 0 Å². The molecule has 0 radical (unpaired) electrons. The third-order valence-electron chi connectivity index (χ3n) is 3.07. The highest BCUT2D eigenvalue weighted by Crippen LogP contribution is 2.21. The van der Waals surface area contributed by atoms with Gasteiger partial charge in [-0.25, -0.2) is 4.98 Å². The van der Waals surface area contributed by atoms with Gasteiger partial charge in [-0.05, 0) is 36.1 Å². The van der Waals surface area contributed by atoms with Crippen LogP contribution in [0.3, 0.4) is 0 Å². The van der Waals surface area contributed by atoms with E-state index >= 15 is 0 Å². The molecule has 2 aromatic carbocycles. The van der Waals surface area contributed by atoms with E-state index in [-0.39, 0.29) is 5.78 Å². The molecule has 0 saturated heterocycles. The Morgan fingerprint density at radius 3 is 2.81 bits per heavy atom. The van der Waals surface area contributed by atoms with Gasteiger partial charge in [0.05, 0.1) is 11.0 Å². The predicted molar refractivity (Wildman–Crippen MR) is 86.6 cm³/mol. The summed E-state index contributed by atoms with van der Waals surface area (Å²) >= 11 is 1.41. The molecule has 0 amide bonds. The van der Waals surface area contributed by atoms with Crippen LogP contribution in [0.5, 0.6) is 0 Å². The van der Waals surface area contributed by atoms with Crippen LogP contribution in [0.1, 0.15) is 15.9 Å². The van der Waals surface area contributed by atoms with Crippen LogP contribution in [-0.2, 0) is 0 Å². The minimum absolute atomic E-state index is 0.00458. The summed E-state index contributed by atoms with van der Waals surface area (Å²) < 4.78 is 0. The first-order valence-corrected chi connectivity index (χ1v) is 7.49. The van der Waals surface area contributed by atoms with Crippen molar-refractivity contribution >= 4 is 28.6 Å². The quantitative estimate of drug-likeness (QED) is 0.442. The van der Waals surface area contributed by atoms with Crippen LogP contribution in [0.4, 0.5) is 0 Å². The van der Waals surface area contributed by atoms with E-state index in [1.807, 2.05) is 37.3 Å². The number of ketones is 1. The lowest BCUT2D eigenvalue weighted by atomic mass is 10.1. The zero-order valence-electron chi connectivity index (χ0n) is 11.5. The number of allylic oxidation sites excluding steroid dienone is 1. The highest BCUT2D eigenvalue weighted by atomic mass is 32.2. The van der Waals surface area contributed by atoms with Crippen molar-refractivity contribution in [3.63, 3.8) is 0 Å². The Morgan fingerprint density at radius 2 is 2.00 bits per heavy atom. The highest BCUT2D eigenvalue weighted by Gasteiger charge is 2.03. The molecule has 1 aromatic heterocycles. The molecule has 0 aliphatic carbocycles. The van der Waals surface area contributed by atoms with E-state index in [1.54, 1.807) is 23.6 Å². The summed E-state index contributed by atoms with van der Waals surface area (Å²) in [5, 5.41) is 2.55. The van der Waals surface area contributed by atoms with Crippen LogP contribution in [-0.4, -0.2) is 15.8 Å². The number of aromatic amines is 1. The van der Waals surface area contributed by atoms with E-state index in [0.717, 1.165) is 16.2 Å². The number of H-pyrrole nitrogens is 1. The second-order valence-corrected chi connectivity index (χ2v) is 5.61. The van der Waals surface area contributed by atoms with Gasteiger partial charge in [-0.15, -0.1) is 0 Å². The van der Waals surface area contributed by atoms with Crippen LogP contribution in [0.25, 0.3) is 11.0 Å². The van der Waals surface area contributed by atoms with Gasteiger partial charge < -0.3 is 4.98 Å². The average molecular weight is 294 g/mol. The number of nitrogens with zero attached hydrogens (tertiary/aromatic N) is 1. The molecule has 1 heterocycles. The zero-order chi connectivity index (χ0) is 14.7. The van der Waals surface area contributed by atoms with Gasteiger partial charge in [-0.3, -0.25) is 4.79 Å². The van der Waals surface area contributed by atoms with Gasteiger partial charge in [-0.1, -0.05) is 48.2 Å². The lowest BCUT2D eigenvalue weighted by molar-refractivity contribution is 0.104. The molecular formula is C17H14N2OS. The van der Waals surface area contributed by atoms with E-state index < -0.39 is 0 Å². The number of thioether (sulfide) groups is 1. The summed E-state index contributed by atoms with van der Waals surface area (Å²) in [5.41, 5.74) is 3.83. The fourth-order valence-corrected chi connectivity index (χ4v) is 2.66. The van der Waals surface area contributed by atoms with Gasteiger partial charge in [0.15, 0.2) is 10.9 Å². The molecule has 0 spiro atoms. The SMILES string of the molecule is Cc1ccc2nc(S/C=C/C(=O)c3ccccc3)[nH]c2c1. The number of nitrogens with one attached hydrogen (secondary N) is 1. The Hall–Kier alpha value is -2.33. The van der Waals surface area contributed by atoms with Gasteiger partial charge in [0.1, 0.15) is 0 Å². The largest absolute Gasteiger partial charge is 0.333 e. The van der Waals surface area contributed by atoms with Crippen LogP contribution < -0.4 is 0 Å². The number of aromatic nitrogens is 2. The first-order valence-electron chi connectivity index (χ1n) is 6.61. The Kier molecular flexibility index (Phi) is 3.88. The number of carbonyl (C=O) groups excluding carboxylic acids is 1. The van der Waals surface area contributed by atoms with Crippen molar-refractivity contribution in [2.45, 2.75) is 12.1 Å². The number of benzene rings is 2. The van der Waals surface area contributed by atoms with Crippen molar-refractivity contribution < 1.29 is 4.79 Å². The fourth-order valence-electron chi connectivity index (χ4n) is 2.01. The lowest BCUT2D eigenvalue weighted by Crippen LogP contribution is -1.92. The van der Waals surface area contributed by atoms with Crippen molar-refractivity contribution in [2.75, 3.05) is 0 Å². The number of hydrogen-bond donors (Lipinski definition) is 1. The van der Waals surface area contributed by atoms with Gasteiger partial charge in [0.2, 0.25) is 0 Å². The Morgan fingerprint density at radius 1 is 1.19 bits per heavy atom. The van der Waals surface area contributed by atoms with E-state index in [4.69, 9.17) is 0 Å². The van der Waals surface area contributed by atoms with E-state index in [0.29, 0.717) is 5.56 Å². The summed E-state index contributed by atoms with van der Waals surface area (Å²) in [4.78, 5) is 19.6. The predicted octanol–water partition coefficient (Wildman–Crippen LogP) is 4.36. The molecule has 3 aromatic rings. The van der Waals surface area contributed by atoms with Crippen LogP contribution in [0.15, 0.2) is 65.2 Å². The summed E-state index contributed by atoms with van der Waals surface area (Å²) in [6.07, 6.45) is 1.57. The summed E-state index contributed by atoms with van der Waals surface area (Å²) in [7, 11) is 0. The van der Waals surface area contributed by atoms with Crippen LogP contribution in [0.2, 0.25) is 0 Å². The maximum atomic E-state index is 11.9. The van der Waals surface area contributed by atoms with Crippen molar-refractivity contribution in [1.82, 2.24) is 9.97 Å². The molecule has 104 valence electrons. The van der Waals surface area contributed by atoms with Crippen LogP contribution >= 0.6 is 11.8 Å². The van der Waals surface area contributed by atoms with Crippen molar-refractivity contribution in [2.24, 2.45) is 0 Å². The average Bonchev–Trinajstić information content (AvgIpc) is 2.89. The van der Waals surface area contributed by atoms with Crippen molar-refractivity contribution in [3.8, 4) is 0 Å². The van der Waals surface area contributed by atoms with Gasteiger partial charge in [-0.2, -0.15) is 0 Å². The van der Waals surface area contributed by atoms with Gasteiger partial charge in [0, 0.05) is 5.56 Å². The molecule has 0 bridgehead atoms.